The Balaban J connectivity index is 1.66. The fraction of sp³-hybridized carbons (Fsp3) is 0.174. The van der Waals surface area contributed by atoms with Crippen LogP contribution in [0.5, 0.6) is 5.88 Å². The number of H-pyrrole nitrogens is 1. The van der Waals surface area contributed by atoms with Crippen LogP contribution in [0.1, 0.15) is 5.56 Å². The van der Waals surface area contributed by atoms with Gasteiger partial charge in [-0.1, -0.05) is 46.3 Å². The van der Waals surface area contributed by atoms with Crippen LogP contribution in [0.2, 0.25) is 0 Å². The molecule has 3 heterocycles. The third-order valence-corrected chi connectivity index (χ3v) is 6.29. The van der Waals surface area contributed by atoms with Crippen LogP contribution in [0.15, 0.2) is 72.8 Å². The van der Waals surface area contributed by atoms with E-state index in [-0.39, 0.29) is 28.7 Å². The molecule has 2 aromatic carbocycles. The largest absolute Gasteiger partial charge is 0.493 e. The number of nitrogens with one attached hydrogen (secondary N) is 1. The van der Waals surface area contributed by atoms with Gasteiger partial charge in [0.2, 0.25) is 5.88 Å². The van der Waals surface area contributed by atoms with Crippen LogP contribution in [0, 0.1) is 0 Å². The lowest BCUT2D eigenvalue weighted by atomic mass is 10.1. The summed E-state index contributed by atoms with van der Waals surface area (Å²) in [5.41, 5.74) is 1.47. The molecule has 0 bridgehead atoms. The molecule has 3 aromatic heterocycles. The predicted molar refractivity (Wildman–Crippen MR) is 132 cm³/mol. The van der Waals surface area contributed by atoms with Gasteiger partial charge in [-0.05, 0) is 30.2 Å². The summed E-state index contributed by atoms with van der Waals surface area (Å²) in [6, 6.07) is 15.4. The number of imidazole rings is 1. The number of aromatic hydroxyl groups is 1. The summed E-state index contributed by atoms with van der Waals surface area (Å²) in [7, 11) is 3.26. The molecule has 0 atom stereocenters. The number of aromatic nitrogens is 5. The van der Waals surface area contributed by atoms with Crippen molar-refractivity contribution in [1.82, 2.24) is 23.7 Å². The van der Waals surface area contributed by atoms with E-state index in [4.69, 9.17) is 0 Å². The zero-order valence-electron chi connectivity index (χ0n) is 18.4. The number of benzene rings is 2. The predicted octanol–water partition coefficient (Wildman–Crippen LogP) is 4.04. The Hall–Kier alpha value is -3.99. The first-order valence-corrected chi connectivity index (χ1v) is 11.3. The number of aryl methyl sites for hydroxylation is 4. The number of nitrogens with zero attached hydrogens (tertiary/aromatic N) is 6. The lowest BCUT2D eigenvalue weighted by Crippen LogP contribution is -2.29. The van der Waals surface area contributed by atoms with Gasteiger partial charge in [0.25, 0.3) is 11.5 Å². The first kappa shape index (κ1) is 21.8. The summed E-state index contributed by atoms with van der Waals surface area (Å²) < 4.78 is 5.35. The van der Waals surface area contributed by atoms with Gasteiger partial charge in [-0.25, -0.2) is 4.79 Å². The molecule has 0 spiro atoms. The van der Waals surface area contributed by atoms with Crippen molar-refractivity contribution in [1.29, 1.82) is 0 Å². The summed E-state index contributed by atoms with van der Waals surface area (Å²) in [5.74, 6) is 0.109. The highest BCUT2D eigenvalue weighted by molar-refractivity contribution is 9.10. The Morgan fingerprint density at radius 3 is 2.59 bits per heavy atom. The topological polar surface area (TPSA) is 123 Å². The van der Waals surface area contributed by atoms with Crippen LogP contribution >= 0.6 is 15.9 Å². The van der Waals surface area contributed by atoms with E-state index in [9.17, 15) is 14.7 Å². The van der Waals surface area contributed by atoms with Crippen molar-refractivity contribution in [2.75, 3.05) is 0 Å². The molecule has 0 saturated heterocycles. The molecule has 0 amide bonds. The van der Waals surface area contributed by atoms with E-state index in [0.717, 1.165) is 15.6 Å². The van der Waals surface area contributed by atoms with Crippen LogP contribution in [-0.2, 0) is 27.1 Å². The average Bonchev–Trinajstić information content (AvgIpc) is 3.31. The fourth-order valence-corrected chi connectivity index (χ4v) is 4.34. The first-order valence-electron chi connectivity index (χ1n) is 10.5. The maximum atomic E-state index is 12.7. The van der Waals surface area contributed by atoms with Crippen molar-refractivity contribution in [2.45, 2.75) is 13.0 Å². The van der Waals surface area contributed by atoms with Gasteiger partial charge in [0, 0.05) is 30.5 Å². The molecule has 10 nitrogen and oxygen atoms in total. The Bertz CT molecular complexity index is 1690. The van der Waals surface area contributed by atoms with Crippen molar-refractivity contribution in [3.05, 3.63) is 79.4 Å². The SMILES string of the molecule is Cn1c(O)c(N=Nc2nc3c(c(=O)[nH]c(=O)n3C)n2CCc2ccccc2)c2cc(Br)ccc21. The molecule has 172 valence electrons. The van der Waals surface area contributed by atoms with Crippen molar-refractivity contribution >= 4 is 49.6 Å². The van der Waals surface area contributed by atoms with E-state index in [1.807, 2.05) is 48.5 Å². The first-order chi connectivity index (χ1) is 16.3. The molecule has 0 fully saturated rings. The minimum Gasteiger partial charge on any atom is -0.493 e. The quantitative estimate of drug-likeness (QED) is 0.338. The number of aromatic amines is 1. The van der Waals surface area contributed by atoms with Gasteiger partial charge in [-0.2, -0.15) is 4.98 Å². The lowest BCUT2D eigenvalue weighted by Gasteiger charge is -2.06. The van der Waals surface area contributed by atoms with Gasteiger partial charge in [0.05, 0.1) is 5.52 Å². The Labute approximate surface area is 201 Å². The highest BCUT2D eigenvalue weighted by Crippen LogP contribution is 2.39. The molecular formula is C23H20BrN7O3. The van der Waals surface area contributed by atoms with E-state index in [1.165, 1.54) is 11.6 Å². The van der Waals surface area contributed by atoms with Crippen molar-refractivity contribution < 1.29 is 5.11 Å². The maximum absolute atomic E-state index is 12.7. The van der Waals surface area contributed by atoms with Crippen LogP contribution < -0.4 is 11.2 Å². The third-order valence-electron chi connectivity index (χ3n) is 5.80. The summed E-state index contributed by atoms with van der Waals surface area (Å²) in [4.78, 5) is 31.6. The molecule has 0 aliphatic rings. The van der Waals surface area contributed by atoms with Gasteiger partial charge in [-0.15, -0.1) is 10.2 Å². The van der Waals surface area contributed by atoms with Crippen molar-refractivity contribution in [2.24, 2.45) is 24.3 Å². The molecule has 0 saturated carbocycles. The number of hydrogen-bond donors (Lipinski definition) is 2. The van der Waals surface area contributed by atoms with E-state index in [0.29, 0.717) is 18.4 Å². The van der Waals surface area contributed by atoms with Crippen LogP contribution in [0.25, 0.3) is 22.1 Å². The number of hydrogen-bond acceptors (Lipinski definition) is 6. The lowest BCUT2D eigenvalue weighted by molar-refractivity contribution is 0.436. The minimum absolute atomic E-state index is 0.0472. The molecule has 2 N–H and O–H groups in total. The van der Waals surface area contributed by atoms with E-state index < -0.39 is 11.2 Å². The molecule has 34 heavy (non-hydrogen) atoms. The number of halogens is 1. The zero-order valence-corrected chi connectivity index (χ0v) is 19.9. The third kappa shape index (κ3) is 3.63. The Morgan fingerprint density at radius 1 is 1.06 bits per heavy atom. The standard InChI is InChI=1S/C23H20BrN7O3/c1-29-16-9-8-14(24)12-15(16)17(21(29)33)27-28-22-25-19-18(20(32)26-23(34)30(19)2)31(22)11-10-13-6-4-3-5-7-13/h3-9,12,33H,10-11H2,1-2H3,(H,26,32,34). The molecule has 0 unspecified atom stereocenters. The van der Waals surface area contributed by atoms with Crippen molar-refractivity contribution in [3.8, 4) is 5.88 Å². The summed E-state index contributed by atoms with van der Waals surface area (Å²) in [6.45, 7) is 0.392. The van der Waals surface area contributed by atoms with Crippen LogP contribution in [0.3, 0.4) is 0 Å². The fourth-order valence-electron chi connectivity index (χ4n) is 3.97. The second-order valence-electron chi connectivity index (χ2n) is 7.88. The number of fused-ring (bicyclic) bond motifs is 2. The molecule has 0 aliphatic heterocycles. The highest BCUT2D eigenvalue weighted by atomic mass is 79.9. The Kier molecular flexibility index (Phi) is 5.40. The second-order valence-corrected chi connectivity index (χ2v) is 8.80. The summed E-state index contributed by atoms with van der Waals surface area (Å²) in [6.07, 6.45) is 0.615. The molecule has 5 aromatic rings. The second kappa shape index (κ2) is 8.41. The smallest absolute Gasteiger partial charge is 0.329 e. The molecular weight excluding hydrogens is 502 g/mol. The van der Waals surface area contributed by atoms with Gasteiger partial charge >= 0.3 is 5.69 Å². The summed E-state index contributed by atoms with van der Waals surface area (Å²) in [5, 5.41) is 20.0. The molecule has 11 heteroatoms. The van der Waals surface area contributed by atoms with Gasteiger partial charge < -0.3 is 14.2 Å². The van der Waals surface area contributed by atoms with Crippen LogP contribution in [-0.4, -0.2) is 28.8 Å². The van der Waals surface area contributed by atoms with Gasteiger partial charge in [0.15, 0.2) is 16.9 Å². The van der Waals surface area contributed by atoms with E-state index in [1.54, 1.807) is 16.2 Å². The summed E-state index contributed by atoms with van der Waals surface area (Å²) >= 11 is 3.45. The van der Waals surface area contributed by atoms with Crippen LogP contribution in [0.4, 0.5) is 11.6 Å². The normalized spacial score (nSPS) is 11.9. The highest BCUT2D eigenvalue weighted by Gasteiger charge is 2.19. The molecule has 0 radical (unpaired) electrons. The molecule has 5 rings (SSSR count). The van der Waals surface area contributed by atoms with Gasteiger partial charge in [-0.3, -0.25) is 14.3 Å². The number of azo groups is 1. The zero-order chi connectivity index (χ0) is 24.0. The average molecular weight is 522 g/mol. The van der Waals surface area contributed by atoms with Gasteiger partial charge in [0.1, 0.15) is 0 Å². The number of rotatable bonds is 5. The maximum Gasteiger partial charge on any atom is 0.329 e. The van der Waals surface area contributed by atoms with E-state index >= 15 is 0 Å². The minimum atomic E-state index is -0.565. The Morgan fingerprint density at radius 2 is 1.82 bits per heavy atom. The van der Waals surface area contributed by atoms with E-state index in [2.05, 4.69) is 36.1 Å². The monoisotopic (exact) mass is 521 g/mol. The molecule has 0 aliphatic carbocycles. The van der Waals surface area contributed by atoms with Crippen molar-refractivity contribution in [3.63, 3.8) is 0 Å².